The summed E-state index contributed by atoms with van der Waals surface area (Å²) in [7, 11) is 0. The van der Waals surface area contributed by atoms with Gasteiger partial charge in [0.15, 0.2) is 5.76 Å². The smallest absolute Gasteiger partial charge is 0.224 e. The molecule has 25 heavy (non-hydrogen) atoms. The molecule has 7 atom stereocenters. The van der Waals surface area contributed by atoms with Gasteiger partial charge in [0, 0.05) is 27.5 Å². The molecular weight excluding hydrogens is 320 g/mol. The fourth-order valence-electron chi connectivity index (χ4n) is 6.49. The summed E-state index contributed by atoms with van der Waals surface area (Å²) < 4.78 is 11.6. The molecule has 2 heterocycles. The summed E-state index contributed by atoms with van der Waals surface area (Å²) in [5, 5.41) is 21.0. The predicted octanol–water partition coefficient (Wildman–Crippen LogP) is 2.42. The van der Waals surface area contributed by atoms with Crippen molar-refractivity contribution >= 4 is 5.78 Å². The van der Waals surface area contributed by atoms with Crippen molar-refractivity contribution in [1.82, 2.24) is 0 Å². The van der Waals surface area contributed by atoms with Crippen LogP contribution in [0, 0.1) is 11.3 Å². The number of aliphatic hydroxyl groups is 2. The Kier molecular flexibility index (Phi) is 2.42. The number of carbonyl (C=O) groups is 1. The Morgan fingerprint density at radius 1 is 1.24 bits per heavy atom. The molecule has 2 N–H and O–H groups in total. The molecule has 0 spiro atoms. The number of Topliss-reactive ketones (excluding diaryl/α,β-unsaturated/α-hetero) is 1. The van der Waals surface area contributed by atoms with Crippen molar-refractivity contribution in [2.75, 3.05) is 0 Å². The van der Waals surface area contributed by atoms with Gasteiger partial charge in [0.2, 0.25) is 5.78 Å². The van der Waals surface area contributed by atoms with Gasteiger partial charge in [0.05, 0.1) is 12.4 Å². The highest BCUT2D eigenvalue weighted by Crippen LogP contribution is 2.65. The summed E-state index contributed by atoms with van der Waals surface area (Å²) in [4.78, 5) is 13.4. The quantitative estimate of drug-likeness (QED) is 0.708. The van der Waals surface area contributed by atoms with Crippen LogP contribution in [0.1, 0.15) is 67.3 Å². The van der Waals surface area contributed by atoms with Gasteiger partial charge in [-0.25, -0.2) is 0 Å². The van der Waals surface area contributed by atoms with E-state index in [1.54, 1.807) is 6.26 Å². The molecule has 0 amide bonds. The highest BCUT2D eigenvalue weighted by Gasteiger charge is 2.68. The molecule has 0 radical (unpaired) electrons. The van der Waals surface area contributed by atoms with Crippen molar-refractivity contribution in [3.05, 3.63) is 34.3 Å². The number of fused-ring (bicyclic) bond motifs is 5. The largest absolute Gasteiger partial charge is 0.460 e. The standard InChI is InChI=1S/C20H22O5/c1-19-6-5-10-12(9(19)3-4-11(19)21)15(23)16-13-8(7-24-16)14(22)17-18(25-17)20(10,13)2/h7,9,11,14,17-18,21-22H,3-6H2,1-2H3. The lowest BCUT2D eigenvalue weighted by atomic mass is 9.54. The maximum Gasteiger partial charge on any atom is 0.224 e. The minimum Gasteiger partial charge on any atom is -0.460 e. The SMILES string of the molecule is CC12C3=C(C(=O)c4occ(c41)C(O)C1OC12)C1CCC(O)C1(C)CC3. The van der Waals surface area contributed by atoms with Gasteiger partial charge in [0.1, 0.15) is 18.3 Å². The van der Waals surface area contributed by atoms with E-state index < -0.39 is 6.10 Å². The molecule has 4 aliphatic carbocycles. The van der Waals surface area contributed by atoms with Crippen molar-refractivity contribution < 1.29 is 24.2 Å². The summed E-state index contributed by atoms with van der Waals surface area (Å²) in [6.45, 7) is 4.27. The highest BCUT2D eigenvalue weighted by atomic mass is 16.6. The van der Waals surface area contributed by atoms with E-state index in [1.807, 2.05) is 0 Å². The van der Waals surface area contributed by atoms with Crippen LogP contribution in [-0.2, 0) is 10.2 Å². The summed E-state index contributed by atoms with van der Waals surface area (Å²) in [5.41, 5.74) is 2.99. The maximum atomic E-state index is 13.4. The average molecular weight is 342 g/mol. The molecule has 6 rings (SSSR count). The van der Waals surface area contributed by atoms with E-state index in [-0.39, 0.29) is 40.8 Å². The molecule has 1 aliphatic heterocycles. The van der Waals surface area contributed by atoms with E-state index in [1.165, 1.54) is 5.57 Å². The molecule has 0 bridgehead atoms. The molecule has 1 aromatic heterocycles. The number of rotatable bonds is 0. The molecule has 7 unspecified atom stereocenters. The molecule has 132 valence electrons. The lowest BCUT2D eigenvalue weighted by Gasteiger charge is -2.48. The normalized spacial score (nSPS) is 49.4. The van der Waals surface area contributed by atoms with E-state index >= 15 is 0 Å². The second kappa shape index (κ2) is 4.11. The first-order valence-electron chi connectivity index (χ1n) is 9.30. The van der Waals surface area contributed by atoms with E-state index in [2.05, 4.69) is 13.8 Å². The molecule has 1 saturated carbocycles. The number of aliphatic hydroxyl groups excluding tert-OH is 2. The molecule has 5 aliphatic rings. The van der Waals surface area contributed by atoms with E-state index in [0.717, 1.165) is 42.4 Å². The van der Waals surface area contributed by atoms with Crippen LogP contribution >= 0.6 is 0 Å². The van der Waals surface area contributed by atoms with Gasteiger partial charge < -0.3 is 19.4 Å². The zero-order chi connectivity index (χ0) is 17.3. The Morgan fingerprint density at radius 3 is 2.84 bits per heavy atom. The second-order valence-corrected chi connectivity index (χ2v) is 8.94. The Labute approximate surface area is 145 Å². The van der Waals surface area contributed by atoms with Crippen molar-refractivity contribution in [2.45, 2.75) is 69.4 Å². The molecule has 0 aromatic carbocycles. The molecule has 5 nitrogen and oxygen atoms in total. The van der Waals surface area contributed by atoms with Gasteiger partial charge in [-0.2, -0.15) is 0 Å². The van der Waals surface area contributed by atoms with Crippen molar-refractivity contribution in [3.8, 4) is 0 Å². The van der Waals surface area contributed by atoms with Crippen LogP contribution in [-0.4, -0.2) is 34.3 Å². The summed E-state index contributed by atoms with van der Waals surface area (Å²) in [6.07, 6.45) is 3.49. The fourth-order valence-corrected chi connectivity index (χ4v) is 6.49. The number of hydrogen-bond donors (Lipinski definition) is 2. The van der Waals surface area contributed by atoms with Gasteiger partial charge >= 0.3 is 0 Å². The molecule has 1 aromatic rings. The van der Waals surface area contributed by atoms with Crippen LogP contribution in [0.3, 0.4) is 0 Å². The Morgan fingerprint density at radius 2 is 2.04 bits per heavy atom. The first-order valence-corrected chi connectivity index (χ1v) is 9.30. The molecule has 5 heteroatoms. The molecule has 2 fully saturated rings. The van der Waals surface area contributed by atoms with E-state index in [9.17, 15) is 15.0 Å². The third kappa shape index (κ3) is 1.40. The first-order chi connectivity index (χ1) is 11.9. The van der Waals surface area contributed by atoms with Crippen LogP contribution in [0.5, 0.6) is 0 Å². The number of ether oxygens (including phenoxy) is 1. The summed E-state index contributed by atoms with van der Waals surface area (Å²) >= 11 is 0. The van der Waals surface area contributed by atoms with Crippen molar-refractivity contribution in [2.24, 2.45) is 11.3 Å². The van der Waals surface area contributed by atoms with Crippen LogP contribution < -0.4 is 0 Å². The average Bonchev–Trinajstić information content (AvgIpc) is 3.19. The number of ketones is 1. The van der Waals surface area contributed by atoms with Crippen LogP contribution in [0.25, 0.3) is 0 Å². The fraction of sp³-hybridized carbons (Fsp3) is 0.650. The van der Waals surface area contributed by atoms with Gasteiger partial charge in [-0.15, -0.1) is 0 Å². The lowest BCUT2D eigenvalue weighted by Crippen LogP contribution is -2.48. The lowest BCUT2D eigenvalue weighted by molar-refractivity contribution is 0.0325. The van der Waals surface area contributed by atoms with Crippen LogP contribution in [0.2, 0.25) is 0 Å². The Hall–Kier alpha value is -1.43. The Balaban J connectivity index is 1.62. The third-order valence-electron chi connectivity index (χ3n) is 8.01. The minimum atomic E-state index is -0.706. The first kappa shape index (κ1) is 14.7. The van der Waals surface area contributed by atoms with Crippen molar-refractivity contribution in [1.29, 1.82) is 0 Å². The van der Waals surface area contributed by atoms with Gasteiger partial charge in [-0.3, -0.25) is 4.79 Å². The van der Waals surface area contributed by atoms with Gasteiger partial charge in [0.25, 0.3) is 0 Å². The van der Waals surface area contributed by atoms with Crippen LogP contribution in [0.4, 0.5) is 0 Å². The topological polar surface area (TPSA) is 83.2 Å². The minimum absolute atomic E-state index is 0.0370. The highest BCUT2D eigenvalue weighted by molar-refractivity contribution is 6.11. The molecule has 1 saturated heterocycles. The molecular formula is C20H22O5. The van der Waals surface area contributed by atoms with Gasteiger partial charge in [-0.05, 0) is 44.1 Å². The van der Waals surface area contributed by atoms with Crippen molar-refractivity contribution in [3.63, 3.8) is 0 Å². The van der Waals surface area contributed by atoms with Crippen LogP contribution in [0.15, 0.2) is 21.8 Å². The zero-order valence-electron chi connectivity index (χ0n) is 14.4. The Bertz CT molecular complexity index is 865. The monoisotopic (exact) mass is 342 g/mol. The number of allylic oxidation sites excluding steroid dienone is 1. The maximum absolute atomic E-state index is 13.4. The number of furan rings is 1. The summed E-state index contributed by atoms with van der Waals surface area (Å²) in [5.74, 6) is 0.432. The van der Waals surface area contributed by atoms with E-state index in [0.29, 0.717) is 5.76 Å². The third-order valence-corrected chi connectivity index (χ3v) is 8.01. The number of carbonyl (C=O) groups excluding carboxylic acids is 1. The van der Waals surface area contributed by atoms with Gasteiger partial charge in [-0.1, -0.05) is 6.92 Å². The zero-order valence-corrected chi connectivity index (χ0v) is 14.4. The second-order valence-electron chi connectivity index (χ2n) is 8.94. The van der Waals surface area contributed by atoms with E-state index in [4.69, 9.17) is 9.15 Å². The number of hydrogen-bond acceptors (Lipinski definition) is 5. The predicted molar refractivity (Wildman–Crippen MR) is 87.1 cm³/mol. The summed E-state index contributed by atoms with van der Waals surface area (Å²) in [6, 6.07) is 0. The number of epoxide rings is 1.